The number of nitrogen functional groups attached to an aromatic ring is 1. The number of hydrogen-bond donors (Lipinski definition) is 1. The van der Waals surface area contributed by atoms with E-state index in [2.05, 4.69) is 16.2 Å². The van der Waals surface area contributed by atoms with Gasteiger partial charge in [0.25, 0.3) is 0 Å². The van der Waals surface area contributed by atoms with Gasteiger partial charge in [-0.15, -0.1) is 0 Å². The molecule has 1 saturated heterocycles. The first kappa shape index (κ1) is 11.5. The average molecular weight is 241 g/mol. The standard InChI is InChI=1S/C11H19N3OS/c1-3-8-4-6-14(7-5-8)11-9(15-2)10(12)13-16-11/h8H,3-7H2,1-2H3,(H2,12,13). The third-order valence-electron chi connectivity index (χ3n) is 3.34. The minimum atomic E-state index is 0.514. The van der Waals surface area contributed by atoms with Gasteiger partial charge in [0.15, 0.2) is 16.6 Å². The molecule has 16 heavy (non-hydrogen) atoms. The molecule has 0 amide bonds. The maximum absolute atomic E-state index is 5.76. The van der Waals surface area contributed by atoms with Crippen molar-refractivity contribution in [3.8, 4) is 5.75 Å². The zero-order valence-electron chi connectivity index (χ0n) is 9.90. The second kappa shape index (κ2) is 4.91. The van der Waals surface area contributed by atoms with Crippen molar-refractivity contribution in [2.24, 2.45) is 5.92 Å². The minimum absolute atomic E-state index is 0.514. The molecule has 4 nitrogen and oxygen atoms in total. The lowest BCUT2D eigenvalue weighted by Crippen LogP contribution is -2.33. The van der Waals surface area contributed by atoms with E-state index in [1.54, 1.807) is 7.11 Å². The number of nitrogens with zero attached hydrogens (tertiary/aromatic N) is 2. The third-order valence-corrected chi connectivity index (χ3v) is 4.25. The van der Waals surface area contributed by atoms with Gasteiger partial charge >= 0.3 is 0 Å². The minimum Gasteiger partial charge on any atom is -0.490 e. The third kappa shape index (κ3) is 2.09. The van der Waals surface area contributed by atoms with Crippen LogP contribution in [-0.4, -0.2) is 24.6 Å². The Morgan fingerprint density at radius 2 is 2.19 bits per heavy atom. The van der Waals surface area contributed by atoms with Crippen LogP contribution in [0.15, 0.2) is 0 Å². The normalized spacial score (nSPS) is 17.8. The predicted molar refractivity (Wildman–Crippen MR) is 68.3 cm³/mol. The second-order valence-corrected chi connectivity index (χ2v) is 5.00. The molecule has 2 rings (SSSR count). The smallest absolute Gasteiger partial charge is 0.197 e. The molecule has 5 heteroatoms. The van der Waals surface area contributed by atoms with Crippen LogP contribution in [0.5, 0.6) is 5.75 Å². The van der Waals surface area contributed by atoms with E-state index in [1.165, 1.54) is 30.8 Å². The summed E-state index contributed by atoms with van der Waals surface area (Å²) < 4.78 is 9.46. The highest BCUT2D eigenvalue weighted by atomic mass is 32.1. The summed E-state index contributed by atoms with van der Waals surface area (Å²) in [5.41, 5.74) is 5.76. The first-order valence-corrected chi connectivity index (χ1v) is 6.57. The molecule has 0 saturated carbocycles. The molecular weight excluding hydrogens is 222 g/mol. The van der Waals surface area contributed by atoms with Crippen LogP contribution < -0.4 is 15.4 Å². The fourth-order valence-electron chi connectivity index (χ4n) is 2.22. The summed E-state index contributed by atoms with van der Waals surface area (Å²) in [6.07, 6.45) is 3.81. The number of aromatic nitrogens is 1. The van der Waals surface area contributed by atoms with E-state index < -0.39 is 0 Å². The van der Waals surface area contributed by atoms with Gasteiger partial charge in [-0.1, -0.05) is 13.3 Å². The van der Waals surface area contributed by atoms with Gasteiger partial charge in [-0.25, -0.2) is 0 Å². The summed E-state index contributed by atoms with van der Waals surface area (Å²) in [6.45, 7) is 4.46. The number of hydrogen-bond acceptors (Lipinski definition) is 5. The Morgan fingerprint density at radius 1 is 1.50 bits per heavy atom. The number of piperidine rings is 1. The van der Waals surface area contributed by atoms with Gasteiger partial charge in [0.05, 0.1) is 7.11 Å². The van der Waals surface area contributed by atoms with Gasteiger partial charge in [-0.3, -0.25) is 0 Å². The summed E-state index contributed by atoms with van der Waals surface area (Å²) in [6, 6.07) is 0. The van der Waals surface area contributed by atoms with Crippen molar-refractivity contribution < 1.29 is 4.74 Å². The molecule has 0 bridgehead atoms. The largest absolute Gasteiger partial charge is 0.490 e. The monoisotopic (exact) mass is 241 g/mol. The molecule has 1 aromatic rings. The van der Waals surface area contributed by atoms with E-state index in [1.807, 2.05) is 0 Å². The Hall–Kier alpha value is -0.970. The zero-order valence-corrected chi connectivity index (χ0v) is 10.7. The van der Waals surface area contributed by atoms with Gasteiger partial charge in [0.1, 0.15) is 0 Å². The van der Waals surface area contributed by atoms with Crippen molar-refractivity contribution in [2.75, 3.05) is 30.8 Å². The first-order valence-electron chi connectivity index (χ1n) is 5.80. The lowest BCUT2D eigenvalue weighted by molar-refractivity contribution is 0.387. The Labute approximate surface area is 101 Å². The lowest BCUT2D eigenvalue weighted by atomic mass is 9.95. The quantitative estimate of drug-likeness (QED) is 0.882. The molecule has 1 aromatic heterocycles. The number of ether oxygens (including phenoxy) is 1. The molecule has 0 radical (unpaired) electrons. The summed E-state index contributed by atoms with van der Waals surface area (Å²) >= 11 is 1.44. The average Bonchev–Trinajstić information content (AvgIpc) is 2.70. The Morgan fingerprint density at radius 3 is 2.75 bits per heavy atom. The number of rotatable bonds is 3. The number of nitrogens with two attached hydrogens (primary N) is 1. The van der Waals surface area contributed by atoms with Crippen LogP contribution in [-0.2, 0) is 0 Å². The Bertz CT molecular complexity index is 345. The van der Waals surface area contributed by atoms with Crippen LogP contribution >= 0.6 is 11.5 Å². The van der Waals surface area contributed by atoms with E-state index in [9.17, 15) is 0 Å². The molecule has 1 aliphatic rings. The van der Waals surface area contributed by atoms with Crippen molar-refractivity contribution in [1.29, 1.82) is 0 Å². The van der Waals surface area contributed by atoms with E-state index in [-0.39, 0.29) is 0 Å². The molecule has 0 aliphatic carbocycles. The zero-order chi connectivity index (χ0) is 11.5. The molecule has 0 spiro atoms. The van der Waals surface area contributed by atoms with E-state index in [0.29, 0.717) is 5.82 Å². The molecule has 0 atom stereocenters. The van der Waals surface area contributed by atoms with Gasteiger partial charge in [-0.2, -0.15) is 4.37 Å². The topological polar surface area (TPSA) is 51.4 Å². The fourth-order valence-corrected chi connectivity index (χ4v) is 3.06. The number of methoxy groups -OCH3 is 1. The summed E-state index contributed by atoms with van der Waals surface area (Å²) in [7, 11) is 1.66. The van der Waals surface area contributed by atoms with Crippen molar-refractivity contribution in [3.63, 3.8) is 0 Å². The molecule has 1 aliphatic heterocycles. The molecule has 2 heterocycles. The lowest BCUT2D eigenvalue weighted by Gasteiger charge is -2.32. The van der Waals surface area contributed by atoms with Gasteiger partial charge in [0, 0.05) is 13.1 Å². The van der Waals surface area contributed by atoms with Gasteiger partial charge in [0.2, 0.25) is 0 Å². The summed E-state index contributed by atoms with van der Waals surface area (Å²) in [5.74, 6) is 2.15. The summed E-state index contributed by atoms with van der Waals surface area (Å²) in [5, 5.41) is 1.09. The highest BCUT2D eigenvalue weighted by Gasteiger charge is 2.23. The van der Waals surface area contributed by atoms with Crippen LogP contribution in [0.4, 0.5) is 10.8 Å². The molecule has 0 unspecified atom stereocenters. The molecule has 90 valence electrons. The van der Waals surface area contributed by atoms with E-state index in [4.69, 9.17) is 10.5 Å². The Kier molecular flexibility index (Phi) is 3.53. The van der Waals surface area contributed by atoms with E-state index >= 15 is 0 Å². The first-order chi connectivity index (χ1) is 7.76. The maximum atomic E-state index is 5.76. The van der Waals surface area contributed by atoms with Crippen molar-refractivity contribution in [2.45, 2.75) is 26.2 Å². The van der Waals surface area contributed by atoms with E-state index in [0.717, 1.165) is 29.8 Å². The van der Waals surface area contributed by atoms with Gasteiger partial charge < -0.3 is 15.4 Å². The molecular formula is C11H19N3OS. The molecule has 2 N–H and O–H groups in total. The van der Waals surface area contributed by atoms with Crippen LogP contribution in [0.3, 0.4) is 0 Å². The SMILES string of the molecule is CCC1CCN(c2snc(N)c2OC)CC1. The van der Waals surface area contributed by atoms with Crippen molar-refractivity contribution >= 4 is 22.4 Å². The molecule has 0 aromatic carbocycles. The number of anilines is 2. The fraction of sp³-hybridized carbons (Fsp3) is 0.727. The van der Waals surface area contributed by atoms with Crippen LogP contribution in [0.1, 0.15) is 26.2 Å². The highest BCUT2D eigenvalue weighted by Crippen LogP contribution is 2.39. The van der Waals surface area contributed by atoms with Gasteiger partial charge in [-0.05, 0) is 30.3 Å². The summed E-state index contributed by atoms with van der Waals surface area (Å²) in [4.78, 5) is 2.35. The second-order valence-electron chi connectivity index (χ2n) is 4.24. The van der Waals surface area contributed by atoms with Crippen LogP contribution in [0, 0.1) is 5.92 Å². The Balaban J connectivity index is 2.08. The highest BCUT2D eigenvalue weighted by molar-refractivity contribution is 7.11. The van der Waals surface area contributed by atoms with Crippen LogP contribution in [0.2, 0.25) is 0 Å². The predicted octanol–water partition coefficient (Wildman–Crippen LogP) is 2.36. The maximum Gasteiger partial charge on any atom is 0.197 e. The van der Waals surface area contributed by atoms with Crippen molar-refractivity contribution in [3.05, 3.63) is 0 Å². The van der Waals surface area contributed by atoms with Crippen molar-refractivity contribution in [1.82, 2.24) is 4.37 Å². The molecule has 1 fully saturated rings. The van der Waals surface area contributed by atoms with Crippen LogP contribution in [0.25, 0.3) is 0 Å².